The molecule has 21 heavy (non-hydrogen) atoms. The topological polar surface area (TPSA) is 59.3 Å². The fraction of sp³-hybridized carbons (Fsp3) is 0.562. The number of benzene rings is 1. The van der Waals surface area contributed by atoms with Crippen molar-refractivity contribution in [2.45, 2.75) is 32.4 Å². The molecule has 5 heteroatoms. The molecule has 2 rings (SSSR count). The van der Waals surface area contributed by atoms with Crippen LogP contribution in [0, 0.1) is 0 Å². The predicted octanol–water partition coefficient (Wildman–Crippen LogP) is 1.59. The Morgan fingerprint density at radius 1 is 1.38 bits per heavy atom. The van der Waals surface area contributed by atoms with E-state index in [0.29, 0.717) is 19.7 Å². The van der Waals surface area contributed by atoms with E-state index in [1.807, 2.05) is 18.2 Å². The first-order valence-corrected chi connectivity index (χ1v) is 7.58. The third-order valence-electron chi connectivity index (χ3n) is 3.46. The first kappa shape index (κ1) is 15.9. The van der Waals surface area contributed by atoms with Gasteiger partial charge in [-0.2, -0.15) is 0 Å². The SMILES string of the molecule is CCCc1nc2ccccc2n1CC(O)CNCCOC. The van der Waals surface area contributed by atoms with Crippen molar-refractivity contribution in [3.8, 4) is 0 Å². The summed E-state index contributed by atoms with van der Waals surface area (Å²) in [6.07, 6.45) is 1.54. The molecule has 1 heterocycles. The maximum Gasteiger partial charge on any atom is 0.109 e. The molecule has 0 spiro atoms. The highest BCUT2D eigenvalue weighted by Gasteiger charge is 2.13. The third-order valence-corrected chi connectivity index (χ3v) is 3.46. The number of imidazole rings is 1. The van der Waals surface area contributed by atoms with E-state index in [1.54, 1.807) is 7.11 Å². The Hall–Kier alpha value is -1.43. The smallest absolute Gasteiger partial charge is 0.109 e. The van der Waals surface area contributed by atoms with Crippen LogP contribution in [-0.2, 0) is 17.7 Å². The average Bonchev–Trinajstić information content (AvgIpc) is 2.82. The molecule has 0 bridgehead atoms. The first-order valence-electron chi connectivity index (χ1n) is 7.58. The van der Waals surface area contributed by atoms with Gasteiger partial charge >= 0.3 is 0 Å². The summed E-state index contributed by atoms with van der Waals surface area (Å²) in [4.78, 5) is 4.68. The van der Waals surface area contributed by atoms with E-state index in [-0.39, 0.29) is 0 Å². The average molecular weight is 291 g/mol. The summed E-state index contributed by atoms with van der Waals surface area (Å²) in [6.45, 7) is 4.67. The van der Waals surface area contributed by atoms with Crippen LogP contribution in [0.3, 0.4) is 0 Å². The minimum absolute atomic E-state index is 0.435. The first-order chi connectivity index (χ1) is 10.3. The number of hydrogen-bond donors (Lipinski definition) is 2. The fourth-order valence-corrected chi connectivity index (χ4v) is 2.46. The minimum atomic E-state index is -0.435. The number of aliphatic hydroxyl groups excluding tert-OH is 1. The molecule has 1 unspecified atom stereocenters. The van der Waals surface area contributed by atoms with Gasteiger partial charge in [0.05, 0.1) is 30.3 Å². The standard InChI is InChI=1S/C16H25N3O2/c1-3-6-16-18-14-7-4-5-8-15(14)19(16)12-13(20)11-17-9-10-21-2/h4-5,7-8,13,17,20H,3,6,9-12H2,1-2H3. The van der Waals surface area contributed by atoms with Crippen molar-refractivity contribution in [1.29, 1.82) is 0 Å². The highest BCUT2D eigenvalue weighted by molar-refractivity contribution is 5.75. The number of nitrogens with zero attached hydrogens (tertiary/aromatic N) is 2. The maximum absolute atomic E-state index is 10.2. The van der Waals surface area contributed by atoms with Crippen molar-refractivity contribution >= 4 is 11.0 Å². The Kier molecular flexibility index (Phi) is 6.17. The minimum Gasteiger partial charge on any atom is -0.390 e. The number of rotatable bonds is 9. The Balaban J connectivity index is 2.06. The summed E-state index contributed by atoms with van der Waals surface area (Å²) in [5.74, 6) is 1.05. The number of ether oxygens (including phenoxy) is 1. The molecular formula is C16H25N3O2. The second kappa shape index (κ2) is 8.12. The zero-order valence-corrected chi connectivity index (χ0v) is 12.9. The Labute approximate surface area is 125 Å². The zero-order chi connectivity index (χ0) is 15.1. The Morgan fingerprint density at radius 3 is 2.95 bits per heavy atom. The van der Waals surface area contributed by atoms with Crippen LogP contribution >= 0.6 is 0 Å². The van der Waals surface area contributed by atoms with Gasteiger partial charge in [-0.25, -0.2) is 4.98 Å². The molecule has 0 aliphatic carbocycles. The molecule has 0 saturated heterocycles. The third kappa shape index (κ3) is 4.27. The van der Waals surface area contributed by atoms with Gasteiger partial charge in [0.25, 0.3) is 0 Å². The van der Waals surface area contributed by atoms with Gasteiger partial charge in [0.2, 0.25) is 0 Å². The van der Waals surface area contributed by atoms with Crippen LogP contribution < -0.4 is 5.32 Å². The predicted molar refractivity (Wildman–Crippen MR) is 84.5 cm³/mol. The number of aryl methyl sites for hydroxylation is 1. The van der Waals surface area contributed by atoms with Gasteiger partial charge in [-0.1, -0.05) is 19.1 Å². The quantitative estimate of drug-likeness (QED) is 0.689. The molecule has 116 valence electrons. The molecule has 0 amide bonds. The number of aromatic nitrogens is 2. The van der Waals surface area contributed by atoms with Gasteiger partial charge in [-0.3, -0.25) is 0 Å². The molecule has 1 aromatic carbocycles. The second-order valence-corrected chi connectivity index (χ2v) is 5.23. The van der Waals surface area contributed by atoms with Crippen LogP contribution in [-0.4, -0.2) is 47.6 Å². The summed E-state index contributed by atoms with van der Waals surface area (Å²) >= 11 is 0. The largest absolute Gasteiger partial charge is 0.390 e. The fourth-order valence-electron chi connectivity index (χ4n) is 2.46. The molecule has 5 nitrogen and oxygen atoms in total. The summed E-state index contributed by atoms with van der Waals surface area (Å²) in [7, 11) is 1.67. The lowest BCUT2D eigenvalue weighted by Crippen LogP contribution is -2.32. The summed E-state index contributed by atoms with van der Waals surface area (Å²) in [5, 5.41) is 13.4. The molecular weight excluding hydrogens is 266 g/mol. The van der Waals surface area contributed by atoms with E-state index in [0.717, 1.165) is 36.2 Å². The van der Waals surface area contributed by atoms with Crippen LogP contribution in [0.5, 0.6) is 0 Å². The molecule has 0 radical (unpaired) electrons. The van der Waals surface area contributed by atoms with Crippen LogP contribution in [0.15, 0.2) is 24.3 Å². The molecule has 2 N–H and O–H groups in total. The lowest BCUT2D eigenvalue weighted by atomic mass is 10.2. The zero-order valence-electron chi connectivity index (χ0n) is 12.9. The van der Waals surface area contributed by atoms with Gasteiger partial charge in [-0.05, 0) is 18.6 Å². The number of para-hydroxylation sites is 2. The monoisotopic (exact) mass is 291 g/mol. The highest BCUT2D eigenvalue weighted by Crippen LogP contribution is 2.17. The van der Waals surface area contributed by atoms with Gasteiger partial charge in [0.15, 0.2) is 0 Å². The molecule has 0 aliphatic rings. The van der Waals surface area contributed by atoms with E-state index in [2.05, 4.69) is 27.9 Å². The van der Waals surface area contributed by atoms with E-state index < -0.39 is 6.10 Å². The van der Waals surface area contributed by atoms with Crippen molar-refractivity contribution in [1.82, 2.24) is 14.9 Å². The van der Waals surface area contributed by atoms with Gasteiger partial charge in [0, 0.05) is 26.6 Å². The van der Waals surface area contributed by atoms with Crippen molar-refractivity contribution in [3.05, 3.63) is 30.1 Å². The summed E-state index contributed by atoms with van der Waals surface area (Å²) < 4.78 is 7.12. The normalized spacial score (nSPS) is 12.9. The Morgan fingerprint density at radius 2 is 2.19 bits per heavy atom. The number of aliphatic hydroxyl groups is 1. The molecule has 1 atom stereocenters. The van der Waals surface area contributed by atoms with Gasteiger partial charge in [-0.15, -0.1) is 0 Å². The van der Waals surface area contributed by atoms with Crippen LogP contribution in [0.25, 0.3) is 11.0 Å². The lowest BCUT2D eigenvalue weighted by Gasteiger charge is -2.15. The van der Waals surface area contributed by atoms with Crippen LogP contribution in [0.4, 0.5) is 0 Å². The van der Waals surface area contributed by atoms with Crippen LogP contribution in [0.2, 0.25) is 0 Å². The van der Waals surface area contributed by atoms with E-state index in [9.17, 15) is 5.11 Å². The molecule has 0 aliphatic heterocycles. The van der Waals surface area contributed by atoms with Crippen molar-refractivity contribution in [3.63, 3.8) is 0 Å². The van der Waals surface area contributed by atoms with Crippen molar-refractivity contribution in [2.75, 3.05) is 26.8 Å². The van der Waals surface area contributed by atoms with Crippen molar-refractivity contribution in [2.24, 2.45) is 0 Å². The lowest BCUT2D eigenvalue weighted by molar-refractivity contribution is 0.144. The molecule has 1 aromatic heterocycles. The van der Waals surface area contributed by atoms with Gasteiger partial charge in [0.1, 0.15) is 5.82 Å². The summed E-state index contributed by atoms with van der Waals surface area (Å²) in [5.41, 5.74) is 2.09. The molecule has 0 fully saturated rings. The van der Waals surface area contributed by atoms with Crippen molar-refractivity contribution < 1.29 is 9.84 Å². The highest BCUT2D eigenvalue weighted by atomic mass is 16.5. The second-order valence-electron chi connectivity index (χ2n) is 5.23. The Bertz CT molecular complexity index is 553. The molecule has 2 aromatic rings. The summed E-state index contributed by atoms with van der Waals surface area (Å²) in [6, 6.07) is 8.10. The van der Waals surface area contributed by atoms with Gasteiger partial charge < -0.3 is 19.7 Å². The molecule has 0 saturated carbocycles. The van der Waals surface area contributed by atoms with E-state index in [1.165, 1.54) is 0 Å². The van der Waals surface area contributed by atoms with E-state index >= 15 is 0 Å². The number of hydrogen-bond acceptors (Lipinski definition) is 4. The number of methoxy groups -OCH3 is 1. The van der Waals surface area contributed by atoms with Crippen LogP contribution in [0.1, 0.15) is 19.2 Å². The maximum atomic E-state index is 10.2. The van der Waals surface area contributed by atoms with E-state index in [4.69, 9.17) is 4.74 Å². The number of fused-ring (bicyclic) bond motifs is 1. The number of nitrogens with one attached hydrogen (secondary N) is 1.